The van der Waals surface area contributed by atoms with Crippen molar-refractivity contribution < 1.29 is 23.9 Å². The van der Waals surface area contributed by atoms with Crippen LogP contribution in [0.15, 0.2) is 107 Å². The molecule has 0 aromatic heterocycles. The van der Waals surface area contributed by atoms with Crippen LogP contribution in [-0.4, -0.2) is 17.8 Å². The number of carbonyl (C=O) groups is 3. The fourth-order valence-corrected chi connectivity index (χ4v) is 4.42. The molecular weight excluding hydrogens is 596 g/mol. The summed E-state index contributed by atoms with van der Waals surface area (Å²) in [6.07, 6.45) is 1.44. The maximum absolute atomic E-state index is 13.3. The molecule has 1 fully saturated rings. The Labute approximate surface area is 244 Å². The van der Waals surface area contributed by atoms with E-state index in [1.807, 2.05) is 42.5 Å². The minimum Gasteiger partial charge on any atom is -0.489 e. The van der Waals surface area contributed by atoms with Gasteiger partial charge in [-0.2, -0.15) is 0 Å². The van der Waals surface area contributed by atoms with Gasteiger partial charge in [0.1, 0.15) is 30.3 Å². The van der Waals surface area contributed by atoms with Crippen LogP contribution in [0.2, 0.25) is 5.02 Å². The summed E-state index contributed by atoms with van der Waals surface area (Å²) in [4.78, 5) is 39.4. The molecule has 40 heavy (non-hydrogen) atoms. The molecule has 0 saturated carbocycles. The maximum atomic E-state index is 13.3. The van der Waals surface area contributed by atoms with Gasteiger partial charge in [0.2, 0.25) is 0 Å². The van der Waals surface area contributed by atoms with Gasteiger partial charge in [-0.15, -0.1) is 0 Å². The fraction of sp³-hybridized carbons (Fsp3) is 0.0645. The topological polar surface area (TPSA) is 84.9 Å². The van der Waals surface area contributed by atoms with Crippen LogP contribution in [0.3, 0.4) is 0 Å². The monoisotopic (exact) mass is 616 g/mol. The maximum Gasteiger partial charge on any atom is 0.335 e. The molecule has 0 aliphatic carbocycles. The Bertz CT molecular complexity index is 1600. The van der Waals surface area contributed by atoms with E-state index in [1.165, 1.54) is 6.08 Å². The zero-order valence-electron chi connectivity index (χ0n) is 21.0. The van der Waals surface area contributed by atoms with Crippen LogP contribution in [0.25, 0.3) is 6.08 Å². The number of nitrogens with zero attached hydrogens (tertiary/aromatic N) is 1. The minimum absolute atomic E-state index is 0.177. The van der Waals surface area contributed by atoms with Gasteiger partial charge in [0.25, 0.3) is 11.8 Å². The number of carbonyl (C=O) groups excluding carboxylic acids is 3. The van der Waals surface area contributed by atoms with Gasteiger partial charge in [0.05, 0.1) is 5.69 Å². The Hall–Kier alpha value is -4.40. The third-order valence-electron chi connectivity index (χ3n) is 6.04. The summed E-state index contributed by atoms with van der Waals surface area (Å²) in [5.74, 6) is -0.409. The van der Waals surface area contributed by atoms with Gasteiger partial charge in [-0.3, -0.25) is 14.9 Å². The number of amides is 4. The first-order chi connectivity index (χ1) is 19.4. The van der Waals surface area contributed by atoms with Gasteiger partial charge in [0.15, 0.2) is 0 Å². The third-order valence-corrected chi connectivity index (χ3v) is 6.93. The van der Waals surface area contributed by atoms with E-state index >= 15 is 0 Å². The Morgan fingerprint density at radius 1 is 0.800 bits per heavy atom. The minimum atomic E-state index is -0.830. The summed E-state index contributed by atoms with van der Waals surface area (Å²) in [6.45, 7) is 0.614. The average molecular weight is 618 g/mol. The van der Waals surface area contributed by atoms with Crippen molar-refractivity contribution in [1.82, 2.24) is 5.32 Å². The number of barbiturate groups is 1. The quantitative estimate of drug-likeness (QED) is 0.171. The van der Waals surface area contributed by atoms with Crippen LogP contribution in [0, 0.1) is 0 Å². The molecule has 7 nitrogen and oxygen atoms in total. The standard InChI is InChI=1S/C31H22BrClN2O5/c32-23-10-8-20(9-11-23)18-39-26-6-3-4-21(16-26)17-27-29(36)34-31(38)35(30(27)37)24-12-14-25(15-13-24)40-19-22-5-1-2-7-28(22)33/h1-17H,18-19H2,(H,34,36,38)/b27-17-. The fourth-order valence-electron chi connectivity index (χ4n) is 3.97. The van der Waals surface area contributed by atoms with Gasteiger partial charge in [-0.25, -0.2) is 9.69 Å². The van der Waals surface area contributed by atoms with E-state index in [0.29, 0.717) is 28.7 Å². The summed E-state index contributed by atoms with van der Waals surface area (Å²) < 4.78 is 12.6. The van der Waals surface area contributed by atoms with Crippen molar-refractivity contribution in [2.24, 2.45) is 0 Å². The van der Waals surface area contributed by atoms with Gasteiger partial charge in [0, 0.05) is 15.1 Å². The predicted molar refractivity (Wildman–Crippen MR) is 156 cm³/mol. The second kappa shape index (κ2) is 12.2. The van der Waals surface area contributed by atoms with E-state index in [1.54, 1.807) is 54.6 Å². The summed E-state index contributed by atoms with van der Waals surface area (Å²) in [5.41, 5.74) is 2.50. The van der Waals surface area contributed by atoms with Crippen molar-refractivity contribution >= 4 is 57.1 Å². The number of imide groups is 2. The van der Waals surface area contributed by atoms with Gasteiger partial charge >= 0.3 is 6.03 Å². The first-order valence-electron chi connectivity index (χ1n) is 12.2. The molecule has 200 valence electrons. The van der Waals surface area contributed by atoms with Gasteiger partial charge in [-0.05, 0) is 71.8 Å². The van der Waals surface area contributed by atoms with E-state index in [-0.39, 0.29) is 17.9 Å². The van der Waals surface area contributed by atoms with Crippen molar-refractivity contribution in [3.05, 3.63) is 129 Å². The van der Waals surface area contributed by atoms with Crippen molar-refractivity contribution in [1.29, 1.82) is 0 Å². The molecule has 1 N–H and O–H groups in total. The number of urea groups is 1. The lowest BCUT2D eigenvalue weighted by Crippen LogP contribution is -2.54. The molecular formula is C31H22BrClN2O5. The SMILES string of the molecule is O=C1NC(=O)N(c2ccc(OCc3ccccc3Cl)cc2)C(=O)/C1=C\c1cccc(OCc2ccc(Br)cc2)c1. The van der Waals surface area contributed by atoms with Crippen molar-refractivity contribution in [2.45, 2.75) is 13.2 Å². The summed E-state index contributed by atoms with van der Waals surface area (Å²) in [7, 11) is 0. The van der Waals surface area contributed by atoms with Gasteiger partial charge < -0.3 is 9.47 Å². The number of rotatable bonds is 8. The Balaban J connectivity index is 1.30. The van der Waals surface area contributed by atoms with E-state index in [9.17, 15) is 14.4 Å². The molecule has 0 bridgehead atoms. The molecule has 0 unspecified atom stereocenters. The Morgan fingerprint density at radius 2 is 1.52 bits per heavy atom. The molecule has 1 aliphatic heterocycles. The molecule has 0 spiro atoms. The number of nitrogens with one attached hydrogen (secondary N) is 1. The molecule has 4 aromatic rings. The lowest BCUT2D eigenvalue weighted by atomic mass is 10.1. The van der Waals surface area contributed by atoms with Crippen LogP contribution >= 0.6 is 27.5 Å². The second-order valence-electron chi connectivity index (χ2n) is 8.82. The van der Waals surface area contributed by atoms with E-state index in [4.69, 9.17) is 21.1 Å². The first kappa shape index (κ1) is 27.2. The molecule has 9 heteroatoms. The summed E-state index contributed by atoms with van der Waals surface area (Å²) in [5, 5.41) is 2.84. The number of hydrogen-bond donors (Lipinski definition) is 1. The average Bonchev–Trinajstić information content (AvgIpc) is 2.95. The molecule has 4 amide bonds. The van der Waals surface area contributed by atoms with E-state index in [2.05, 4.69) is 21.2 Å². The number of benzene rings is 4. The molecule has 5 rings (SSSR count). The molecule has 1 aliphatic rings. The Kier molecular flexibility index (Phi) is 8.28. The molecule has 0 atom stereocenters. The third kappa shape index (κ3) is 6.42. The number of anilines is 1. The van der Waals surface area contributed by atoms with Crippen LogP contribution in [0.4, 0.5) is 10.5 Å². The van der Waals surface area contributed by atoms with E-state index in [0.717, 1.165) is 20.5 Å². The smallest absolute Gasteiger partial charge is 0.335 e. The molecule has 1 saturated heterocycles. The first-order valence-corrected chi connectivity index (χ1v) is 13.4. The highest BCUT2D eigenvalue weighted by atomic mass is 79.9. The molecule has 1 heterocycles. The predicted octanol–water partition coefficient (Wildman–Crippen LogP) is 6.93. The van der Waals surface area contributed by atoms with Crippen molar-refractivity contribution in [2.75, 3.05) is 4.90 Å². The van der Waals surface area contributed by atoms with Crippen molar-refractivity contribution in [3.63, 3.8) is 0 Å². The highest BCUT2D eigenvalue weighted by molar-refractivity contribution is 9.10. The highest BCUT2D eigenvalue weighted by Gasteiger charge is 2.36. The number of ether oxygens (including phenoxy) is 2. The van der Waals surface area contributed by atoms with E-state index < -0.39 is 17.8 Å². The lowest BCUT2D eigenvalue weighted by molar-refractivity contribution is -0.122. The van der Waals surface area contributed by atoms with Crippen LogP contribution < -0.4 is 19.7 Å². The van der Waals surface area contributed by atoms with Crippen LogP contribution in [0.1, 0.15) is 16.7 Å². The van der Waals surface area contributed by atoms with Crippen molar-refractivity contribution in [3.8, 4) is 11.5 Å². The largest absolute Gasteiger partial charge is 0.489 e. The van der Waals surface area contributed by atoms with Gasteiger partial charge in [-0.1, -0.05) is 70.0 Å². The summed E-state index contributed by atoms with van der Waals surface area (Å²) in [6, 6.07) is 27.7. The molecule has 0 radical (unpaired) electrons. The Morgan fingerprint density at radius 3 is 2.27 bits per heavy atom. The summed E-state index contributed by atoms with van der Waals surface area (Å²) >= 11 is 9.59. The van der Waals surface area contributed by atoms with Crippen LogP contribution in [0.5, 0.6) is 11.5 Å². The number of halogens is 2. The zero-order chi connectivity index (χ0) is 28.1. The highest BCUT2D eigenvalue weighted by Crippen LogP contribution is 2.26. The lowest BCUT2D eigenvalue weighted by Gasteiger charge is -2.26. The molecule has 4 aromatic carbocycles. The normalized spacial score (nSPS) is 14.3. The zero-order valence-corrected chi connectivity index (χ0v) is 23.3. The number of hydrogen-bond acceptors (Lipinski definition) is 5. The van der Waals surface area contributed by atoms with Crippen LogP contribution in [-0.2, 0) is 22.8 Å². The second-order valence-corrected chi connectivity index (χ2v) is 10.1.